The number of carbonyl (C=O) groups excluding carboxylic acids is 1. The van der Waals surface area contributed by atoms with Crippen LogP contribution in [0.1, 0.15) is 40.5 Å². The molecule has 0 amide bonds. The number of ether oxygens (including phenoxy) is 1. The first kappa shape index (κ1) is 26.4. The fourth-order valence-corrected chi connectivity index (χ4v) is 0.706. The van der Waals surface area contributed by atoms with Gasteiger partial charge in [0.05, 0.1) is 11.5 Å². The molecular weight excluding hydrogens is 434 g/mol. The molecule has 100 valence electrons. The molecule has 6 heteroatoms. The predicted molar refractivity (Wildman–Crippen MR) is 68.6 cm³/mol. The molecule has 0 aromatic heterocycles. The molecule has 3 nitrogen and oxygen atoms in total. The monoisotopic (exact) mass is 451 g/mol. The molecule has 1 unspecified atom stereocenters. The quantitative estimate of drug-likeness (QED) is 0.285. The van der Waals surface area contributed by atoms with E-state index in [9.17, 15) is 4.79 Å². The van der Waals surface area contributed by atoms with E-state index in [0.29, 0.717) is 0 Å². The van der Waals surface area contributed by atoms with Gasteiger partial charge in [0.15, 0.2) is 0 Å². The van der Waals surface area contributed by atoms with Gasteiger partial charge in [-0.05, 0) is 34.1 Å². The molecule has 0 fully saturated rings. The van der Waals surface area contributed by atoms with E-state index in [1.807, 2.05) is 27.7 Å². The number of hydrogen-bond acceptors (Lipinski definition) is 3. The van der Waals surface area contributed by atoms with Crippen LogP contribution < -0.4 is 0 Å². The summed E-state index contributed by atoms with van der Waals surface area (Å²) >= 11 is 3.62. The first-order valence-corrected chi connectivity index (χ1v) is 13.9. The summed E-state index contributed by atoms with van der Waals surface area (Å²) < 4.78 is 5.18. The molecule has 0 N–H and O–H groups in total. The number of nitrogens with zero attached hydrogens (tertiary/aromatic N) is 1. The Kier molecular flexibility index (Phi) is 26.1. The van der Waals surface area contributed by atoms with Crippen molar-refractivity contribution in [3.05, 3.63) is 13.5 Å². The summed E-state index contributed by atoms with van der Waals surface area (Å²) in [4.78, 5) is 11.3. The summed E-state index contributed by atoms with van der Waals surface area (Å²) in [6.45, 7) is 15.9. The molecule has 1 atom stereocenters. The zero-order valence-corrected chi connectivity index (χ0v) is 16.9. The van der Waals surface area contributed by atoms with Crippen LogP contribution in [0.3, 0.4) is 0 Å². The molecule has 0 rings (SSSR count). The number of rotatable bonds is 3. The molecule has 0 aromatic rings. The zero-order valence-electron chi connectivity index (χ0n) is 10.8. The predicted octanol–water partition coefficient (Wildman–Crippen LogP) is 3.56. The molecule has 17 heavy (non-hydrogen) atoms. The van der Waals surface area contributed by atoms with Crippen molar-refractivity contribution in [3.63, 3.8) is 0 Å². The van der Waals surface area contributed by atoms with E-state index in [0.717, 1.165) is 12.8 Å². The van der Waals surface area contributed by atoms with Crippen LogP contribution >= 0.6 is 19.8 Å². The van der Waals surface area contributed by atoms with Gasteiger partial charge in [-0.25, -0.2) is 0 Å². The fraction of sp³-hybridized carbons (Fsp3) is 0.727. The average molecular weight is 453 g/mol. The third-order valence-electron chi connectivity index (χ3n) is 1.53. The van der Waals surface area contributed by atoms with Crippen LogP contribution in [0.25, 0.3) is 0 Å². The van der Waals surface area contributed by atoms with Gasteiger partial charge in [-0.2, -0.15) is 6.42 Å². The molecule has 0 aliphatic heterocycles. The van der Waals surface area contributed by atoms with Gasteiger partial charge in [0.2, 0.25) is 0 Å². The molecule has 0 aliphatic rings. The van der Waals surface area contributed by atoms with Crippen molar-refractivity contribution >= 4 is 25.7 Å². The summed E-state index contributed by atoms with van der Waals surface area (Å²) in [6.07, 6.45) is 1.63. The van der Waals surface area contributed by atoms with Crippen molar-refractivity contribution < 1.29 is 41.4 Å². The number of esters is 1. The molecule has 0 heterocycles. The minimum atomic E-state index is -0.393. The Bertz CT molecular complexity index is 196. The van der Waals surface area contributed by atoms with Gasteiger partial charge in [-0.15, -0.1) is 0 Å². The van der Waals surface area contributed by atoms with Crippen LogP contribution in [0.5, 0.6) is 0 Å². The Balaban J connectivity index is -0.000000152. The second-order valence-corrected chi connectivity index (χ2v) is 4.11. The molecule has 0 spiro atoms. The van der Waals surface area contributed by atoms with Gasteiger partial charge in [-0.1, -0.05) is 0 Å². The van der Waals surface area contributed by atoms with Crippen molar-refractivity contribution in [1.82, 2.24) is 0 Å². The van der Waals surface area contributed by atoms with E-state index in [-0.39, 0.29) is 29.1 Å². The number of halogens is 1. The van der Waals surface area contributed by atoms with Crippen molar-refractivity contribution in [2.75, 3.05) is 0 Å². The molecular formula is C11H19CuINO2Zn. The minimum absolute atomic E-state index is 0. The third-order valence-corrected chi connectivity index (χ3v) is 1.53. The van der Waals surface area contributed by atoms with Crippen LogP contribution in [-0.2, 0) is 41.4 Å². The molecule has 0 aromatic carbocycles. The van der Waals surface area contributed by atoms with E-state index in [2.05, 4.69) is 26.7 Å². The molecule has 0 radical (unpaired) electrons. The first-order valence-electron chi connectivity index (χ1n) is 4.87. The Morgan fingerprint density at radius 3 is 2.06 bits per heavy atom. The summed E-state index contributed by atoms with van der Waals surface area (Å²) in [7, 11) is 0. The van der Waals surface area contributed by atoms with Crippen LogP contribution in [0.4, 0.5) is 0 Å². The Labute approximate surface area is 137 Å². The Morgan fingerprint density at radius 1 is 1.47 bits per heavy atom. The Morgan fingerprint density at radius 2 is 1.82 bits per heavy atom. The Hall–Kier alpha value is 0.833. The van der Waals surface area contributed by atoms with Crippen molar-refractivity contribution in [2.24, 2.45) is 5.41 Å². The van der Waals surface area contributed by atoms with E-state index in [4.69, 9.17) is 16.6 Å². The van der Waals surface area contributed by atoms with Crippen molar-refractivity contribution in [2.45, 2.75) is 46.6 Å². The van der Waals surface area contributed by atoms with Gasteiger partial charge in [0.1, 0.15) is 0 Å². The van der Waals surface area contributed by atoms with E-state index >= 15 is 0 Å². The normalized spacial score (nSPS) is 10.5. The van der Waals surface area contributed by atoms with Gasteiger partial charge < -0.3 is 23.5 Å². The fourth-order valence-electron chi connectivity index (χ4n) is 0.706. The van der Waals surface area contributed by atoms with Crippen LogP contribution in [0.15, 0.2) is 0 Å². The zero-order chi connectivity index (χ0) is 13.8. The van der Waals surface area contributed by atoms with E-state index in [1.54, 1.807) is 0 Å². The third kappa shape index (κ3) is 19.4. The standard InChI is InChI=1S/C10H19O2.CN.Cu.HI.Zn/c1-6-7-8(2)12-9(11)10(3,4)5;1-2;;;/h8H,1,6-7H2,2-5H3;;;1H;/q2*-1;+1;;+2/p-1. The van der Waals surface area contributed by atoms with Crippen molar-refractivity contribution in [1.29, 1.82) is 5.26 Å². The molecule has 0 aliphatic carbocycles. The van der Waals surface area contributed by atoms with Crippen LogP contribution in [0.2, 0.25) is 0 Å². The molecule has 0 bridgehead atoms. The van der Waals surface area contributed by atoms with E-state index < -0.39 is 5.41 Å². The summed E-state index contributed by atoms with van der Waals surface area (Å²) in [5, 5.41) is 6.25. The molecule has 0 saturated carbocycles. The SMILES string of the molecule is [C-]#N.[CH2-]CCC(C)OC(=O)C(C)(C)C.[Cu+].[Zn+][I]. The van der Waals surface area contributed by atoms with Crippen LogP contribution in [0, 0.1) is 24.2 Å². The van der Waals surface area contributed by atoms with E-state index in [1.165, 1.54) is 14.8 Å². The van der Waals surface area contributed by atoms with Gasteiger partial charge in [0.25, 0.3) is 0 Å². The summed E-state index contributed by atoms with van der Waals surface area (Å²) in [5.41, 5.74) is -0.393. The maximum absolute atomic E-state index is 11.3. The second kappa shape index (κ2) is 16.8. The first-order chi connectivity index (χ1) is 7.38. The maximum atomic E-state index is 11.3. The summed E-state index contributed by atoms with van der Waals surface area (Å²) in [6, 6.07) is 0. The number of hydrogen-bond donors (Lipinski definition) is 0. The molecule has 0 saturated heterocycles. The van der Waals surface area contributed by atoms with Gasteiger partial charge in [-0.3, -0.25) is 4.79 Å². The second-order valence-electron chi connectivity index (χ2n) is 4.11. The van der Waals surface area contributed by atoms with Crippen molar-refractivity contribution in [3.8, 4) is 0 Å². The summed E-state index contributed by atoms with van der Waals surface area (Å²) in [5.74, 6) is -0.136. The average Bonchev–Trinajstić information content (AvgIpc) is 2.22. The number of carbonyl (C=O) groups is 1. The van der Waals surface area contributed by atoms with Crippen LogP contribution in [-0.4, -0.2) is 12.1 Å². The van der Waals surface area contributed by atoms with Gasteiger partial charge in [0, 0.05) is 0 Å². The topological polar surface area (TPSA) is 50.1 Å². The van der Waals surface area contributed by atoms with Gasteiger partial charge >= 0.3 is 57.6 Å².